The van der Waals surface area contributed by atoms with E-state index in [1.165, 1.54) is 12.1 Å². The minimum absolute atomic E-state index is 0.146. The molecule has 0 bridgehead atoms. The van der Waals surface area contributed by atoms with Crippen molar-refractivity contribution in [2.75, 3.05) is 5.75 Å². The molecule has 0 N–H and O–H groups in total. The summed E-state index contributed by atoms with van der Waals surface area (Å²) in [6.45, 7) is 0. The van der Waals surface area contributed by atoms with Crippen LogP contribution in [0.5, 0.6) is 11.5 Å². The van der Waals surface area contributed by atoms with E-state index in [-0.39, 0.29) is 4.90 Å². The van der Waals surface area contributed by atoms with Gasteiger partial charge in [-0.1, -0.05) is 36.4 Å². The van der Waals surface area contributed by atoms with Gasteiger partial charge in [-0.15, -0.1) is 0 Å². The second kappa shape index (κ2) is 7.32. The largest absolute Gasteiger partial charge is 0.457 e. The Kier molecular flexibility index (Phi) is 4.95. The molecule has 0 spiro atoms. The highest BCUT2D eigenvalue weighted by atomic mass is 32.2. The van der Waals surface area contributed by atoms with Gasteiger partial charge in [0, 0.05) is 5.56 Å². The third-order valence-corrected chi connectivity index (χ3v) is 5.21. The maximum Gasteiger partial charge on any atom is 0.185 e. The Bertz CT molecular complexity index is 948. The van der Waals surface area contributed by atoms with Gasteiger partial charge in [-0.3, -0.25) is 4.79 Å². The van der Waals surface area contributed by atoms with Crippen molar-refractivity contribution in [1.82, 2.24) is 0 Å². The van der Waals surface area contributed by atoms with Crippen LogP contribution in [0.4, 0.5) is 0 Å². The van der Waals surface area contributed by atoms with Crippen LogP contribution in [0.25, 0.3) is 0 Å². The van der Waals surface area contributed by atoms with Crippen molar-refractivity contribution in [3.63, 3.8) is 0 Å². The van der Waals surface area contributed by atoms with Crippen LogP contribution in [0.2, 0.25) is 0 Å². The molecule has 0 atom stereocenters. The van der Waals surface area contributed by atoms with Crippen LogP contribution >= 0.6 is 0 Å². The molecule has 0 heterocycles. The first-order chi connectivity index (χ1) is 12.0. The summed E-state index contributed by atoms with van der Waals surface area (Å²) in [4.78, 5) is 12.4. The van der Waals surface area contributed by atoms with Crippen LogP contribution in [0.15, 0.2) is 89.8 Å². The fourth-order valence-corrected chi connectivity index (χ4v) is 3.55. The molecule has 0 aliphatic heterocycles. The number of ether oxygens (including phenoxy) is 1. The van der Waals surface area contributed by atoms with E-state index in [1.807, 2.05) is 30.3 Å². The number of Topliss-reactive ketones (excluding diaryl/α,β-unsaturated/α-hetero) is 1. The number of ketones is 1. The molecule has 3 aromatic carbocycles. The minimum Gasteiger partial charge on any atom is -0.457 e. The van der Waals surface area contributed by atoms with Crippen LogP contribution in [-0.2, 0) is 9.84 Å². The van der Waals surface area contributed by atoms with Crippen molar-refractivity contribution in [1.29, 1.82) is 0 Å². The Morgan fingerprint density at radius 1 is 0.720 bits per heavy atom. The van der Waals surface area contributed by atoms with E-state index in [9.17, 15) is 13.2 Å². The summed E-state index contributed by atoms with van der Waals surface area (Å²) in [6, 6.07) is 23.7. The maximum atomic E-state index is 12.3. The first-order valence-corrected chi connectivity index (χ1v) is 9.34. The van der Waals surface area contributed by atoms with Crippen molar-refractivity contribution in [3.8, 4) is 11.5 Å². The molecule has 0 unspecified atom stereocenters. The van der Waals surface area contributed by atoms with E-state index in [4.69, 9.17) is 4.74 Å². The van der Waals surface area contributed by atoms with Gasteiger partial charge in [-0.05, 0) is 48.5 Å². The third kappa shape index (κ3) is 4.33. The average molecular weight is 352 g/mol. The molecule has 0 fully saturated rings. The highest BCUT2D eigenvalue weighted by molar-refractivity contribution is 7.92. The first-order valence-electron chi connectivity index (χ1n) is 7.68. The summed E-state index contributed by atoms with van der Waals surface area (Å²) >= 11 is 0. The number of rotatable bonds is 6. The summed E-state index contributed by atoms with van der Waals surface area (Å²) in [5.74, 6) is 0.257. The lowest BCUT2D eigenvalue weighted by molar-refractivity contribution is 0.102. The third-order valence-electron chi connectivity index (χ3n) is 3.58. The van der Waals surface area contributed by atoms with E-state index in [0.717, 1.165) is 0 Å². The van der Waals surface area contributed by atoms with Gasteiger partial charge in [0.05, 0.1) is 4.90 Å². The monoisotopic (exact) mass is 352 g/mol. The number of hydrogen-bond acceptors (Lipinski definition) is 4. The molecular weight excluding hydrogens is 336 g/mol. The van der Waals surface area contributed by atoms with E-state index in [2.05, 4.69) is 0 Å². The second-order valence-electron chi connectivity index (χ2n) is 5.43. The lowest BCUT2D eigenvalue weighted by Crippen LogP contribution is -2.16. The highest BCUT2D eigenvalue weighted by Gasteiger charge is 2.20. The van der Waals surface area contributed by atoms with E-state index in [1.54, 1.807) is 42.5 Å². The smallest absolute Gasteiger partial charge is 0.185 e. The Labute approximate surface area is 146 Å². The Morgan fingerprint density at radius 2 is 1.24 bits per heavy atom. The molecule has 0 aromatic heterocycles. The van der Waals surface area contributed by atoms with Crippen molar-refractivity contribution in [3.05, 3.63) is 90.5 Å². The van der Waals surface area contributed by atoms with Crippen LogP contribution in [-0.4, -0.2) is 20.0 Å². The lowest BCUT2D eigenvalue weighted by atomic mass is 10.1. The number of hydrogen-bond donors (Lipinski definition) is 0. The highest BCUT2D eigenvalue weighted by Crippen LogP contribution is 2.21. The molecule has 0 radical (unpaired) electrons. The number of carbonyl (C=O) groups excluding carboxylic acids is 1. The molecule has 5 heteroatoms. The zero-order chi connectivity index (χ0) is 17.7. The van der Waals surface area contributed by atoms with Crippen molar-refractivity contribution < 1.29 is 17.9 Å². The Balaban J connectivity index is 1.71. The SMILES string of the molecule is O=C(CS(=O)(=O)c1ccccc1)c1ccc(Oc2ccccc2)cc1. The predicted molar refractivity (Wildman–Crippen MR) is 95.8 cm³/mol. The summed E-state index contributed by atoms with van der Waals surface area (Å²) in [7, 11) is -3.65. The fraction of sp³-hybridized carbons (Fsp3) is 0.0500. The van der Waals surface area contributed by atoms with Crippen LogP contribution in [0.1, 0.15) is 10.4 Å². The van der Waals surface area contributed by atoms with E-state index < -0.39 is 21.4 Å². The van der Waals surface area contributed by atoms with Crippen LogP contribution in [0, 0.1) is 0 Å². The molecule has 3 rings (SSSR count). The molecule has 0 amide bonds. The van der Waals surface area contributed by atoms with Crippen molar-refractivity contribution in [2.45, 2.75) is 4.90 Å². The Morgan fingerprint density at radius 3 is 1.84 bits per heavy atom. The van der Waals surface area contributed by atoms with Gasteiger partial charge in [0.1, 0.15) is 17.3 Å². The standard InChI is InChI=1S/C20H16O4S/c21-20(15-25(22,23)19-9-5-2-6-10-19)16-11-13-18(14-12-16)24-17-7-3-1-4-8-17/h1-14H,15H2. The predicted octanol–water partition coefficient (Wildman–Crippen LogP) is 4.14. The quantitative estimate of drug-likeness (QED) is 0.626. The van der Waals surface area contributed by atoms with Gasteiger partial charge < -0.3 is 4.74 Å². The molecule has 3 aromatic rings. The fourth-order valence-electron chi connectivity index (χ4n) is 2.30. The first kappa shape index (κ1) is 16.9. The number of carbonyl (C=O) groups is 1. The van der Waals surface area contributed by atoms with Gasteiger partial charge in [-0.2, -0.15) is 0 Å². The molecule has 0 aliphatic rings. The summed E-state index contributed by atoms with van der Waals surface area (Å²) in [5.41, 5.74) is 0.333. The molecule has 0 saturated heterocycles. The lowest BCUT2D eigenvalue weighted by Gasteiger charge is -2.07. The van der Waals surface area contributed by atoms with Gasteiger partial charge in [0.15, 0.2) is 15.6 Å². The van der Waals surface area contributed by atoms with Crippen molar-refractivity contribution in [2.24, 2.45) is 0 Å². The molecule has 4 nitrogen and oxygen atoms in total. The number of sulfone groups is 1. The number of benzene rings is 3. The summed E-state index contributed by atoms with van der Waals surface area (Å²) in [6.07, 6.45) is 0. The van der Waals surface area contributed by atoms with Gasteiger partial charge in [0.2, 0.25) is 0 Å². The molecule has 126 valence electrons. The number of para-hydroxylation sites is 1. The summed E-state index contributed by atoms with van der Waals surface area (Å²) < 4.78 is 30.2. The minimum atomic E-state index is -3.65. The molecular formula is C20H16O4S. The topological polar surface area (TPSA) is 60.4 Å². The zero-order valence-electron chi connectivity index (χ0n) is 13.3. The molecule has 25 heavy (non-hydrogen) atoms. The normalized spacial score (nSPS) is 11.0. The van der Waals surface area contributed by atoms with Gasteiger partial charge in [-0.25, -0.2) is 8.42 Å². The summed E-state index contributed by atoms with van der Waals surface area (Å²) in [5, 5.41) is 0. The van der Waals surface area contributed by atoms with Gasteiger partial charge in [0.25, 0.3) is 0 Å². The zero-order valence-corrected chi connectivity index (χ0v) is 14.1. The maximum absolute atomic E-state index is 12.3. The van der Waals surface area contributed by atoms with E-state index >= 15 is 0 Å². The Hall–Kier alpha value is -2.92. The molecule has 0 saturated carbocycles. The van der Waals surface area contributed by atoms with E-state index in [0.29, 0.717) is 17.1 Å². The molecule has 0 aliphatic carbocycles. The average Bonchev–Trinajstić information content (AvgIpc) is 2.63. The second-order valence-corrected chi connectivity index (χ2v) is 7.42. The van der Waals surface area contributed by atoms with Crippen molar-refractivity contribution >= 4 is 15.6 Å². The van der Waals surface area contributed by atoms with Crippen LogP contribution < -0.4 is 4.74 Å². The van der Waals surface area contributed by atoms with Gasteiger partial charge >= 0.3 is 0 Å². The van der Waals surface area contributed by atoms with Crippen LogP contribution in [0.3, 0.4) is 0 Å².